The smallest absolute Gasteiger partial charge is 0.117 e. The van der Waals surface area contributed by atoms with Crippen LogP contribution in [0.4, 0.5) is 0 Å². The molecule has 2 fully saturated rings. The first-order valence-electron chi connectivity index (χ1n) is 9.45. The molecule has 0 bridgehead atoms. The van der Waals surface area contributed by atoms with Crippen molar-refractivity contribution in [2.45, 2.75) is 70.1 Å². The Labute approximate surface area is 156 Å². The number of rotatable bonds is 5. The normalized spacial score (nSPS) is 27.5. The van der Waals surface area contributed by atoms with Gasteiger partial charge in [0.25, 0.3) is 0 Å². The molecule has 1 aromatic rings. The Morgan fingerprint density at radius 1 is 0.731 bits per heavy atom. The van der Waals surface area contributed by atoms with Gasteiger partial charge in [-0.05, 0) is 44.7 Å². The third kappa shape index (κ3) is 8.59. The van der Waals surface area contributed by atoms with E-state index in [2.05, 4.69) is 6.92 Å². The number of furan rings is 1. The molecule has 0 aromatic carbocycles. The molecule has 152 valence electrons. The van der Waals surface area contributed by atoms with Gasteiger partial charge in [-0.1, -0.05) is 0 Å². The lowest BCUT2D eigenvalue weighted by Crippen LogP contribution is -2.24. The van der Waals surface area contributed by atoms with Crippen LogP contribution in [0.2, 0.25) is 0 Å². The minimum atomic E-state index is 0.276. The van der Waals surface area contributed by atoms with Crippen LogP contribution in [0, 0.1) is 0 Å². The summed E-state index contributed by atoms with van der Waals surface area (Å²) < 4.78 is 15.9. The van der Waals surface area contributed by atoms with Gasteiger partial charge < -0.3 is 42.6 Å². The molecule has 10 N–H and O–H groups in total. The van der Waals surface area contributed by atoms with Gasteiger partial charge in [0.15, 0.2) is 0 Å². The first kappa shape index (κ1) is 23.0. The number of hydrogen-bond acceptors (Lipinski definition) is 8. The van der Waals surface area contributed by atoms with E-state index in [4.69, 9.17) is 42.6 Å². The number of ether oxygens (including phenoxy) is 2. The van der Waals surface area contributed by atoms with Crippen molar-refractivity contribution in [1.82, 2.24) is 0 Å². The van der Waals surface area contributed by atoms with Crippen molar-refractivity contribution >= 4 is 0 Å². The Kier molecular flexibility index (Phi) is 11.7. The first-order chi connectivity index (χ1) is 12.6. The maximum absolute atomic E-state index is 5.41. The predicted molar refractivity (Wildman–Crippen MR) is 103 cm³/mol. The summed E-state index contributed by atoms with van der Waals surface area (Å²) in [6, 6.07) is 3.67. The van der Waals surface area contributed by atoms with Crippen LogP contribution in [0.25, 0.3) is 0 Å². The zero-order chi connectivity index (χ0) is 19.4. The zero-order valence-corrected chi connectivity index (χ0v) is 15.9. The largest absolute Gasteiger partial charge is 0.463 e. The molecule has 0 spiro atoms. The van der Waals surface area contributed by atoms with Crippen molar-refractivity contribution in [1.29, 1.82) is 0 Å². The van der Waals surface area contributed by atoms with Crippen molar-refractivity contribution in [2.75, 3.05) is 19.6 Å². The fourth-order valence-corrected chi connectivity index (χ4v) is 2.83. The van der Waals surface area contributed by atoms with Gasteiger partial charge in [-0.3, -0.25) is 0 Å². The highest BCUT2D eigenvalue weighted by Crippen LogP contribution is 2.17. The lowest BCUT2D eigenvalue weighted by Gasteiger charge is -2.08. The molecule has 4 atom stereocenters. The Bertz CT molecular complexity index is 443. The molecule has 26 heavy (non-hydrogen) atoms. The molecule has 8 nitrogen and oxygen atoms in total. The van der Waals surface area contributed by atoms with Crippen LogP contribution in [-0.4, -0.2) is 44.1 Å². The van der Waals surface area contributed by atoms with E-state index in [1.807, 2.05) is 12.1 Å². The average molecular weight is 372 g/mol. The van der Waals surface area contributed by atoms with E-state index >= 15 is 0 Å². The Balaban J connectivity index is 0.000000195. The minimum Gasteiger partial charge on any atom is -0.463 e. The zero-order valence-electron chi connectivity index (χ0n) is 15.9. The van der Waals surface area contributed by atoms with Crippen LogP contribution < -0.4 is 28.7 Å². The summed E-state index contributed by atoms with van der Waals surface area (Å²) in [5.41, 5.74) is 26.7. The monoisotopic (exact) mass is 371 g/mol. The topological polar surface area (TPSA) is 162 Å². The molecule has 8 heteroatoms. The maximum Gasteiger partial charge on any atom is 0.117 e. The molecule has 0 saturated carbocycles. The van der Waals surface area contributed by atoms with E-state index < -0.39 is 0 Å². The van der Waals surface area contributed by atoms with Gasteiger partial charge in [0.2, 0.25) is 0 Å². The molecular formula is C18H37N5O3. The van der Waals surface area contributed by atoms with E-state index in [-0.39, 0.29) is 12.2 Å². The van der Waals surface area contributed by atoms with Crippen molar-refractivity contribution in [3.63, 3.8) is 0 Å². The molecule has 2 saturated heterocycles. The van der Waals surface area contributed by atoms with Crippen LogP contribution in [0.5, 0.6) is 0 Å². The Morgan fingerprint density at radius 2 is 1.15 bits per heavy atom. The quantitative estimate of drug-likeness (QED) is 0.489. The van der Waals surface area contributed by atoms with Gasteiger partial charge in [0, 0.05) is 19.6 Å². The number of hydrogen-bond donors (Lipinski definition) is 5. The standard InChI is InChI=1S/C6H14N2O.C6H10N2O.C6H13NO/c2*7-3-5-1-2-6(4-8)9-5;1-5-2-3-6(4-7)8-5/h5-6H,1-4,7-8H2;1-2H,3-4,7-8H2;5-6H,2-4,7H2,1H3. The SMILES string of the molecule is CC1CCC(CN)O1.NCC1CCC(CN)O1.NCc1ccc(CN)o1. The summed E-state index contributed by atoms with van der Waals surface area (Å²) >= 11 is 0. The van der Waals surface area contributed by atoms with Crippen LogP contribution in [0.15, 0.2) is 16.5 Å². The molecular weight excluding hydrogens is 334 g/mol. The Hall–Kier alpha value is -1.00. The van der Waals surface area contributed by atoms with Crippen LogP contribution in [0.3, 0.4) is 0 Å². The first-order valence-corrected chi connectivity index (χ1v) is 9.45. The van der Waals surface area contributed by atoms with Gasteiger partial charge in [0.05, 0.1) is 37.5 Å². The van der Waals surface area contributed by atoms with Gasteiger partial charge in [-0.2, -0.15) is 0 Å². The highest BCUT2D eigenvalue weighted by Gasteiger charge is 2.22. The summed E-state index contributed by atoms with van der Waals surface area (Å²) in [4.78, 5) is 0. The second kappa shape index (κ2) is 13.2. The molecule has 0 amide bonds. The van der Waals surface area contributed by atoms with Crippen LogP contribution in [0.1, 0.15) is 44.1 Å². The fraction of sp³-hybridized carbons (Fsp3) is 0.778. The van der Waals surface area contributed by atoms with Crippen molar-refractivity contribution in [2.24, 2.45) is 28.7 Å². The third-order valence-corrected chi connectivity index (χ3v) is 4.42. The van der Waals surface area contributed by atoms with E-state index in [0.29, 0.717) is 44.9 Å². The van der Waals surface area contributed by atoms with Gasteiger partial charge in [-0.25, -0.2) is 0 Å². The van der Waals surface area contributed by atoms with E-state index in [0.717, 1.165) is 30.8 Å². The summed E-state index contributed by atoms with van der Waals surface area (Å²) in [6.07, 6.45) is 5.85. The Morgan fingerprint density at radius 3 is 1.38 bits per heavy atom. The third-order valence-electron chi connectivity index (χ3n) is 4.42. The van der Waals surface area contributed by atoms with Crippen molar-refractivity contribution < 1.29 is 13.9 Å². The summed E-state index contributed by atoms with van der Waals surface area (Å²) in [5, 5.41) is 0. The van der Waals surface area contributed by atoms with E-state index in [1.54, 1.807) is 0 Å². The summed E-state index contributed by atoms with van der Waals surface area (Å²) in [5.74, 6) is 1.57. The second-order valence-electron chi connectivity index (χ2n) is 6.59. The van der Waals surface area contributed by atoms with Crippen molar-refractivity contribution in [3.05, 3.63) is 23.7 Å². The summed E-state index contributed by atoms with van der Waals surface area (Å²) in [6.45, 7) is 4.94. The lowest BCUT2D eigenvalue weighted by molar-refractivity contribution is 0.0555. The predicted octanol–water partition coefficient (Wildman–Crippen LogP) is 0.161. The van der Waals surface area contributed by atoms with E-state index in [1.165, 1.54) is 6.42 Å². The fourth-order valence-electron chi connectivity index (χ4n) is 2.83. The van der Waals surface area contributed by atoms with Gasteiger partial charge >= 0.3 is 0 Å². The molecule has 0 aliphatic carbocycles. The maximum atomic E-state index is 5.41. The number of nitrogens with two attached hydrogens (primary N) is 5. The molecule has 3 heterocycles. The molecule has 4 unspecified atom stereocenters. The van der Waals surface area contributed by atoms with Crippen LogP contribution in [-0.2, 0) is 22.6 Å². The molecule has 2 aliphatic heterocycles. The highest BCUT2D eigenvalue weighted by atomic mass is 16.5. The second-order valence-corrected chi connectivity index (χ2v) is 6.59. The van der Waals surface area contributed by atoms with Crippen LogP contribution >= 0.6 is 0 Å². The highest BCUT2D eigenvalue weighted by molar-refractivity contribution is 5.06. The van der Waals surface area contributed by atoms with Crippen molar-refractivity contribution in [3.8, 4) is 0 Å². The van der Waals surface area contributed by atoms with E-state index in [9.17, 15) is 0 Å². The molecule has 0 radical (unpaired) electrons. The van der Waals surface area contributed by atoms with Gasteiger partial charge in [-0.15, -0.1) is 0 Å². The lowest BCUT2D eigenvalue weighted by atomic mass is 10.2. The summed E-state index contributed by atoms with van der Waals surface area (Å²) in [7, 11) is 0. The average Bonchev–Trinajstić information content (AvgIpc) is 3.42. The molecule has 1 aromatic heterocycles. The minimum absolute atomic E-state index is 0.276. The molecule has 2 aliphatic rings. The molecule has 3 rings (SSSR count). The van der Waals surface area contributed by atoms with Gasteiger partial charge in [0.1, 0.15) is 11.5 Å².